The molecule has 0 fully saturated rings. The van der Waals surface area contributed by atoms with E-state index in [0.717, 1.165) is 41.2 Å². The van der Waals surface area contributed by atoms with Gasteiger partial charge in [-0.3, -0.25) is 24.7 Å². The molecule has 9 nitrogen and oxygen atoms in total. The molecule has 0 aliphatic carbocycles. The summed E-state index contributed by atoms with van der Waals surface area (Å²) in [4.78, 5) is 38.6. The predicted octanol–water partition coefficient (Wildman–Crippen LogP) is 3.12. The molecule has 0 aliphatic rings. The minimum atomic E-state index is -4.59. The highest BCUT2D eigenvalue weighted by atomic mass is 19.4. The Morgan fingerprint density at radius 3 is 2.63 bits per heavy atom. The third-order valence-corrected chi connectivity index (χ3v) is 3.99. The predicted molar refractivity (Wildman–Crippen MR) is 98.4 cm³/mol. The summed E-state index contributed by atoms with van der Waals surface area (Å²) >= 11 is 0. The molecule has 2 aromatic heterocycles. The first kappa shape index (κ1) is 20.6. The van der Waals surface area contributed by atoms with Crippen molar-refractivity contribution in [3.8, 4) is 5.69 Å². The fourth-order valence-electron chi connectivity index (χ4n) is 2.60. The van der Waals surface area contributed by atoms with Crippen molar-refractivity contribution >= 4 is 17.3 Å². The summed E-state index contributed by atoms with van der Waals surface area (Å²) < 4.78 is 40.0. The molecule has 0 aliphatic heterocycles. The van der Waals surface area contributed by atoms with Crippen LogP contribution in [0.3, 0.4) is 0 Å². The van der Waals surface area contributed by atoms with Crippen molar-refractivity contribution in [3.63, 3.8) is 0 Å². The second kappa shape index (κ2) is 7.73. The van der Waals surface area contributed by atoms with E-state index in [0.29, 0.717) is 0 Å². The maximum absolute atomic E-state index is 13.0. The maximum Gasteiger partial charge on any atom is 0.416 e. The zero-order chi connectivity index (χ0) is 22.1. The van der Waals surface area contributed by atoms with Gasteiger partial charge in [0.25, 0.3) is 5.91 Å². The number of halogens is 3. The molecule has 0 bridgehead atoms. The number of carbonyl (C=O) groups excluding carboxylic acids is 1. The number of hydrogen-bond donors (Lipinski definition) is 1. The van der Waals surface area contributed by atoms with Crippen molar-refractivity contribution in [1.82, 2.24) is 14.8 Å². The molecule has 0 atom stereocenters. The highest BCUT2D eigenvalue weighted by molar-refractivity contribution is 6.03. The molecule has 3 rings (SSSR count). The van der Waals surface area contributed by atoms with Crippen molar-refractivity contribution < 1.29 is 22.9 Å². The first-order valence-electron chi connectivity index (χ1n) is 8.26. The van der Waals surface area contributed by atoms with Crippen molar-refractivity contribution in [1.29, 1.82) is 0 Å². The number of aromatic nitrogens is 3. The van der Waals surface area contributed by atoms with Crippen LogP contribution in [0, 0.1) is 17.0 Å². The third-order valence-electron chi connectivity index (χ3n) is 3.99. The van der Waals surface area contributed by atoms with Gasteiger partial charge in [-0.2, -0.15) is 18.3 Å². The largest absolute Gasteiger partial charge is 0.416 e. The number of nitrogens with zero attached hydrogens (tertiary/aromatic N) is 4. The number of alkyl halides is 3. The molecule has 0 radical (unpaired) electrons. The SMILES string of the molecule is Cc1cc(=O)c(C(=O)Nc2ccncc2[N+](=O)[O-])nn1-c1cccc(C(F)(F)F)c1. The van der Waals surface area contributed by atoms with E-state index in [1.807, 2.05) is 0 Å². The summed E-state index contributed by atoms with van der Waals surface area (Å²) in [6.07, 6.45) is -2.48. The Balaban J connectivity index is 2.03. The van der Waals surface area contributed by atoms with Gasteiger partial charge in [-0.1, -0.05) is 6.07 Å². The number of pyridine rings is 1. The van der Waals surface area contributed by atoms with Crippen molar-refractivity contribution in [2.24, 2.45) is 0 Å². The lowest BCUT2D eigenvalue weighted by molar-refractivity contribution is -0.384. The topological polar surface area (TPSA) is 120 Å². The van der Waals surface area contributed by atoms with Crippen LogP contribution >= 0.6 is 0 Å². The van der Waals surface area contributed by atoms with Gasteiger partial charge in [-0.15, -0.1) is 0 Å². The van der Waals surface area contributed by atoms with Crippen molar-refractivity contribution in [3.05, 3.63) is 86.1 Å². The molecular weight excluding hydrogens is 407 g/mol. The van der Waals surface area contributed by atoms with E-state index in [-0.39, 0.29) is 17.1 Å². The van der Waals surface area contributed by atoms with E-state index in [9.17, 15) is 32.9 Å². The fourth-order valence-corrected chi connectivity index (χ4v) is 2.60. The summed E-state index contributed by atoms with van der Waals surface area (Å²) in [6.45, 7) is 1.43. The van der Waals surface area contributed by atoms with E-state index >= 15 is 0 Å². The first-order chi connectivity index (χ1) is 14.1. The van der Waals surface area contributed by atoms with Gasteiger partial charge in [-0.25, -0.2) is 4.68 Å². The fraction of sp³-hybridized carbons (Fsp3) is 0.111. The molecule has 1 amide bonds. The lowest BCUT2D eigenvalue weighted by atomic mass is 10.2. The van der Waals surface area contributed by atoms with Crippen LogP contribution in [0.1, 0.15) is 21.7 Å². The molecule has 0 unspecified atom stereocenters. The Hall–Kier alpha value is -4.09. The Morgan fingerprint density at radius 1 is 1.23 bits per heavy atom. The molecule has 1 aromatic carbocycles. The minimum absolute atomic E-state index is 0.0220. The van der Waals surface area contributed by atoms with Crippen LogP contribution in [0.25, 0.3) is 5.69 Å². The molecule has 2 heterocycles. The minimum Gasteiger partial charge on any atom is -0.315 e. The van der Waals surface area contributed by atoms with Crippen LogP contribution in [-0.4, -0.2) is 25.6 Å². The zero-order valence-corrected chi connectivity index (χ0v) is 15.2. The number of anilines is 1. The van der Waals surface area contributed by atoms with Crippen LogP contribution in [0.2, 0.25) is 0 Å². The Bertz CT molecular complexity index is 1210. The van der Waals surface area contributed by atoms with E-state index in [2.05, 4.69) is 15.4 Å². The average molecular weight is 419 g/mol. The molecule has 154 valence electrons. The first-order valence-corrected chi connectivity index (χ1v) is 8.26. The zero-order valence-electron chi connectivity index (χ0n) is 15.2. The smallest absolute Gasteiger partial charge is 0.315 e. The van der Waals surface area contributed by atoms with E-state index < -0.39 is 39.4 Å². The number of rotatable bonds is 4. The van der Waals surface area contributed by atoms with Crippen molar-refractivity contribution in [2.45, 2.75) is 13.1 Å². The van der Waals surface area contributed by atoms with Gasteiger partial charge in [0.05, 0.1) is 16.2 Å². The number of nitrogens with one attached hydrogen (secondary N) is 1. The van der Waals surface area contributed by atoms with E-state index in [4.69, 9.17) is 0 Å². The highest BCUT2D eigenvalue weighted by Crippen LogP contribution is 2.30. The molecule has 0 saturated carbocycles. The number of nitro groups is 1. The van der Waals surface area contributed by atoms with Gasteiger partial charge in [0.1, 0.15) is 11.9 Å². The summed E-state index contributed by atoms with van der Waals surface area (Å²) in [5.41, 5.74) is -2.94. The maximum atomic E-state index is 13.0. The lowest BCUT2D eigenvalue weighted by Gasteiger charge is -2.13. The van der Waals surface area contributed by atoms with Gasteiger partial charge in [0, 0.05) is 18.0 Å². The van der Waals surface area contributed by atoms with Crippen LogP contribution in [0.15, 0.2) is 53.6 Å². The van der Waals surface area contributed by atoms with Gasteiger partial charge in [0.2, 0.25) is 5.43 Å². The number of benzene rings is 1. The van der Waals surface area contributed by atoms with Crippen LogP contribution < -0.4 is 10.7 Å². The third kappa shape index (κ3) is 4.16. The second-order valence-electron chi connectivity index (χ2n) is 6.06. The Morgan fingerprint density at radius 2 is 1.97 bits per heavy atom. The van der Waals surface area contributed by atoms with Gasteiger partial charge >= 0.3 is 11.9 Å². The summed E-state index contributed by atoms with van der Waals surface area (Å²) in [6, 6.07) is 6.38. The number of amides is 1. The normalized spacial score (nSPS) is 11.2. The molecule has 3 aromatic rings. The molecule has 12 heteroatoms. The molecule has 30 heavy (non-hydrogen) atoms. The average Bonchev–Trinajstić information content (AvgIpc) is 2.67. The molecule has 0 saturated heterocycles. The molecular formula is C18H12F3N5O4. The van der Waals surface area contributed by atoms with Gasteiger partial charge in [0.15, 0.2) is 5.69 Å². The standard InChI is InChI=1S/C18H12F3N5O4/c1-10-7-15(27)16(17(28)23-13-5-6-22-9-14(13)26(29)30)24-25(10)12-4-2-3-11(8-12)18(19,20)21/h2-9H,1H3,(H,22,23,28). The van der Waals surface area contributed by atoms with Crippen LogP contribution in [-0.2, 0) is 6.18 Å². The number of carbonyl (C=O) groups is 1. The molecule has 1 N–H and O–H groups in total. The lowest BCUT2D eigenvalue weighted by Crippen LogP contribution is -2.27. The summed E-state index contributed by atoms with van der Waals surface area (Å²) in [5, 5.41) is 17.1. The summed E-state index contributed by atoms with van der Waals surface area (Å²) in [7, 11) is 0. The summed E-state index contributed by atoms with van der Waals surface area (Å²) in [5.74, 6) is -1.06. The highest BCUT2D eigenvalue weighted by Gasteiger charge is 2.30. The monoisotopic (exact) mass is 419 g/mol. The second-order valence-corrected chi connectivity index (χ2v) is 6.06. The van der Waals surface area contributed by atoms with Gasteiger partial charge in [-0.05, 0) is 31.2 Å². The van der Waals surface area contributed by atoms with Crippen molar-refractivity contribution in [2.75, 3.05) is 5.32 Å². The Kier molecular flexibility index (Phi) is 5.32. The Labute approximate surface area is 166 Å². The van der Waals surface area contributed by atoms with Crippen LogP contribution in [0.5, 0.6) is 0 Å². The number of hydrogen-bond acceptors (Lipinski definition) is 6. The number of aryl methyl sites for hydroxylation is 1. The quantitative estimate of drug-likeness (QED) is 0.513. The van der Waals surface area contributed by atoms with E-state index in [1.54, 1.807) is 0 Å². The van der Waals surface area contributed by atoms with E-state index in [1.165, 1.54) is 19.2 Å². The van der Waals surface area contributed by atoms with Crippen LogP contribution in [0.4, 0.5) is 24.5 Å². The van der Waals surface area contributed by atoms with Gasteiger partial charge < -0.3 is 5.32 Å². The molecule has 0 spiro atoms.